The summed E-state index contributed by atoms with van der Waals surface area (Å²) in [6, 6.07) is 22.6. The van der Waals surface area contributed by atoms with Gasteiger partial charge in [-0.3, -0.25) is 4.79 Å². The second kappa shape index (κ2) is 17.2. The quantitative estimate of drug-likeness (QED) is 0.107. The average Bonchev–Trinajstić information content (AvgIpc) is 3.78. The van der Waals surface area contributed by atoms with Gasteiger partial charge in [-0.25, -0.2) is 14.8 Å². The van der Waals surface area contributed by atoms with E-state index < -0.39 is 5.97 Å². The summed E-state index contributed by atoms with van der Waals surface area (Å²) in [6.45, 7) is 11.4. The van der Waals surface area contributed by atoms with E-state index in [0.717, 1.165) is 66.4 Å². The van der Waals surface area contributed by atoms with Crippen molar-refractivity contribution in [3.05, 3.63) is 134 Å². The first-order valence-corrected chi connectivity index (χ1v) is 21.0. The number of carboxylic acid groups (broad SMARTS) is 1. The first-order chi connectivity index (χ1) is 29.4. The number of carbonyl (C=O) groups is 2. The molecule has 0 radical (unpaired) electrons. The molecule has 0 spiro atoms. The predicted molar refractivity (Wildman–Crippen MR) is 240 cm³/mol. The SMILES string of the molecule is COCCn1c(C(=O)O)cc2cc(OCc3ccccc3)cc(N3C[C@@H](C)n4c(c(CCCOc5cc(C)c(Cl)c(C)c5)c5ccc(Cl)c(-c6c(C)ncnc6C)c54)C3=O)c21. The van der Waals surface area contributed by atoms with Gasteiger partial charge in [0, 0.05) is 70.6 Å². The molecular formula is C48H47Cl2N5O6. The number of rotatable bonds is 14. The molecule has 0 saturated heterocycles. The molecule has 0 fully saturated rings. The van der Waals surface area contributed by atoms with Crippen molar-refractivity contribution in [3.8, 4) is 22.6 Å². The third kappa shape index (κ3) is 7.82. The molecule has 1 aliphatic heterocycles. The van der Waals surface area contributed by atoms with Gasteiger partial charge in [-0.05, 0) is 100 Å². The van der Waals surface area contributed by atoms with Gasteiger partial charge in [-0.1, -0.05) is 59.6 Å². The number of aromatic nitrogens is 4. The lowest BCUT2D eigenvalue weighted by Gasteiger charge is -2.35. The maximum absolute atomic E-state index is 15.6. The molecule has 1 N–H and O–H groups in total. The summed E-state index contributed by atoms with van der Waals surface area (Å²) in [5, 5.41) is 13.2. The van der Waals surface area contributed by atoms with Crippen molar-refractivity contribution >= 4 is 62.6 Å². The minimum atomic E-state index is -1.09. The van der Waals surface area contributed by atoms with Gasteiger partial charge < -0.3 is 33.4 Å². The number of amides is 1. The van der Waals surface area contributed by atoms with E-state index in [4.69, 9.17) is 37.4 Å². The summed E-state index contributed by atoms with van der Waals surface area (Å²) in [6.07, 6.45) is 2.67. The molecule has 1 amide bonds. The lowest BCUT2D eigenvalue weighted by atomic mass is 9.97. The normalized spacial score (nSPS) is 13.9. The van der Waals surface area contributed by atoms with Gasteiger partial charge in [0.05, 0.1) is 35.0 Å². The zero-order valence-corrected chi connectivity index (χ0v) is 36.5. The molecule has 61 heavy (non-hydrogen) atoms. The number of nitrogens with zero attached hydrogens (tertiary/aromatic N) is 5. The van der Waals surface area contributed by atoms with Crippen molar-refractivity contribution in [2.75, 3.05) is 31.8 Å². The fourth-order valence-electron chi connectivity index (χ4n) is 8.74. The molecule has 3 aromatic heterocycles. The van der Waals surface area contributed by atoms with Crippen LogP contribution in [0.3, 0.4) is 0 Å². The Kier molecular flexibility index (Phi) is 11.8. The molecule has 314 valence electrons. The highest BCUT2D eigenvalue weighted by molar-refractivity contribution is 6.35. The van der Waals surface area contributed by atoms with Crippen LogP contribution < -0.4 is 14.4 Å². The van der Waals surface area contributed by atoms with E-state index in [1.807, 2.05) is 94.4 Å². The van der Waals surface area contributed by atoms with Gasteiger partial charge in [-0.15, -0.1) is 0 Å². The summed E-state index contributed by atoms with van der Waals surface area (Å²) < 4.78 is 21.9. The number of ether oxygens (including phenoxy) is 3. The smallest absolute Gasteiger partial charge is 0.352 e. The molecule has 1 atom stereocenters. The topological polar surface area (TPSA) is 121 Å². The van der Waals surface area contributed by atoms with Gasteiger partial charge in [0.1, 0.15) is 35.8 Å². The highest BCUT2D eigenvalue weighted by Crippen LogP contribution is 2.46. The van der Waals surface area contributed by atoms with Gasteiger partial charge in [0.2, 0.25) is 0 Å². The molecule has 11 nitrogen and oxygen atoms in total. The van der Waals surface area contributed by atoms with E-state index in [1.165, 1.54) is 0 Å². The Hall–Kier alpha value is -5.88. The van der Waals surface area contributed by atoms with Crippen molar-refractivity contribution in [1.29, 1.82) is 0 Å². The molecule has 0 saturated carbocycles. The third-order valence-electron chi connectivity index (χ3n) is 11.5. The van der Waals surface area contributed by atoms with Gasteiger partial charge >= 0.3 is 5.97 Å². The Morgan fingerprint density at radius 3 is 2.26 bits per heavy atom. The van der Waals surface area contributed by atoms with Gasteiger partial charge in [0.25, 0.3) is 5.91 Å². The van der Waals surface area contributed by atoms with Crippen LogP contribution in [0.5, 0.6) is 11.5 Å². The number of hydrogen-bond donors (Lipinski definition) is 1. The molecule has 13 heteroatoms. The summed E-state index contributed by atoms with van der Waals surface area (Å²) in [4.78, 5) is 39.2. The molecule has 0 bridgehead atoms. The van der Waals surface area contributed by atoms with Crippen molar-refractivity contribution in [2.24, 2.45) is 0 Å². The molecule has 4 aromatic carbocycles. The minimum absolute atomic E-state index is 0.0852. The Bertz CT molecular complexity index is 2790. The zero-order chi connectivity index (χ0) is 43.1. The average molecular weight is 861 g/mol. The summed E-state index contributed by atoms with van der Waals surface area (Å²) in [7, 11) is 1.58. The van der Waals surface area contributed by atoms with E-state index in [9.17, 15) is 9.90 Å². The third-order valence-corrected chi connectivity index (χ3v) is 12.4. The fourth-order valence-corrected chi connectivity index (χ4v) is 9.10. The van der Waals surface area contributed by atoms with Crippen molar-refractivity contribution in [3.63, 3.8) is 0 Å². The highest BCUT2D eigenvalue weighted by Gasteiger charge is 2.38. The monoisotopic (exact) mass is 859 g/mol. The molecular weight excluding hydrogens is 813 g/mol. The second-order valence-electron chi connectivity index (χ2n) is 15.7. The number of hydrogen-bond acceptors (Lipinski definition) is 7. The Morgan fingerprint density at radius 2 is 1.57 bits per heavy atom. The van der Waals surface area contributed by atoms with Crippen LogP contribution in [0, 0.1) is 27.7 Å². The minimum Gasteiger partial charge on any atom is -0.494 e. The number of halogens is 2. The Morgan fingerprint density at radius 1 is 0.869 bits per heavy atom. The molecule has 7 aromatic rings. The van der Waals surface area contributed by atoms with Crippen molar-refractivity contribution < 1.29 is 28.9 Å². The molecule has 0 aliphatic carbocycles. The van der Waals surface area contributed by atoms with E-state index >= 15 is 4.79 Å². The fraction of sp³-hybridized carbons (Fsp3) is 0.292. The zero-order valence-electron chi connectivity index (χ0n) is 35.0. The number of aromatic carboxylic acids is 1. The Labute approximate surface area is 364 Å². The maximum Gasteiger partial charge on any atom is 0.352 e. The first-order valence-electron chi connectivity index (χ1n) is 20.3. The van der Waals surface area contributed by atoms with E-state index in [1.54, 1.807) is 29.0 Å². The standard InChI is InChI=1S/C48H47Cl2N5O6/c1-27-19-34(20-28(2)43(27)50)60-17-10-13-36-37-14-15-38(49)42(41-30(4)51-26-52-31(41)5)45(37)55-29(3)24-54(47(56)46(36)55)39-23-35(61-25-32-11-8-7-9-12-32)21-33-22-40(48(57)58)53(44(33)39)16-18-59-6/h7-9,11-12,14-15,19-23,26,29H,10,13,16-18,24-25H2,1-6H3,(H,57,58)/t29-/m1/s1. The van der Waals surface area contributed by atoms with Crippen LogP contribution in [-0.2, 0) is 24.3 Å². The van der Waals surface area contributed by atoms with Gasteiger partial charge in [0.15, 0.2) is 0 Å². The van der Waals surface area contributed by atoms with Crippen molar-refractivity contribution in [1.82, 2.24) is 19.1 Å². The lowest BCUT2D eigenvalue weighted by molar-refractivity contribution is 0.0683. The van der Waals surface area contributed by atoms with Crippen LogP contribution in [-0.4, -0.2) is 63.0 Å². The first kappa shape index (κ1) is 41.8. The van der Waals surface area contributed by atoms with Crippen LogP contribution >= 0.6 is 23.2 Å². The van der Waals surface area contributed by atoms with Crippen LogP contribution in [0.2, 0.25) is 10.0 Å². The number of aryl methyl sites for hydroxylation is 5. The molecule has 8 rings (SSSR count). The number of anilines is 1. The molecule has 1 aliphatic rings. The predicted octanol–water partition coefficient (Wildman–Crippen LogP) is 10.8. The van der Waals surface area contributed by atoms with Gasteiger partial charge in [-0.2, -0.15) is 0 Å². The summed E-state index contributed by atoms with van der Waals surface area (Å²) in [5.41, 5.74) is 9.47. The number of benzene rings is 4. The maximum atomic E-state index is 15.6. The van der Waals surface area contributed by atoms with E-state index in [0.29, 0.717) is 52.5 Å². The largest absolute Gasteiger partial charge is 0.494 e. The second-order valence-corrected chi connectivity index (χ2v) is 16.4. The van der Waals surface area contributed by atoms with Crippen LogP contribution in [0.4, 0.5) is 5.69 Å². The van der Waals surface area contributed by atoms with Crippen molar-refractivity contribution in [2.45, 2.75) is 66.7 Å². The lowest BCUT2D eigenvalue weighted by Crippen LogP contribution is -2.43. The number of fused-ring (bicyclic) bond motifs is 4. The summed E-state index contributed by atoms with van der Waals surface area (Å²) in [5.74, 6) is -0.0738. The highest BCUT2D eigenvalue weighted by atomic mass is 35.5. The van der Waals surface area contributed by atoms with E-state index in [2.05, 4.69) is 21.5 Å². The van der Waals surface area contributed by atoms with Crippen LogP contribution in [0.1, 0.15) is 74.0 Å². The van der Waals surface area contributed by atoms with E-state index in [-0.39, 0.29) is 43.9 Å². The number of carboxylic acids is 1. The number of carbonyl (C=O) groups excluding carboxylic acids is 1. The molecule has 4 heterocycles. The van der Waals surface area contributed by atoms with Crippen LogP contribution in [0.15, 0.2) is 79.1 Å². The number of methoxy groups -OCH3 is 1. The van der Waals surface area contributed by atoms with Crippen LogP contribution in [0.25, 0.3) is 32.9 Å². The molecule has 0 unspecified atom stereocenters. The Balaban J connectivity index is 1.29. The summed E-state index contributed by atoms with van der Waals surface area (Å²) >= 11 is 13.6.